The minimum atomic E-state index is -1.12. The molecule has 0 aliphatic rings. The summed E-state index contributed by atoms with van der Waals surface area (Å²) in [6.45, 7) is 0.628. The van der Waals surface area contributed by atoms with E-state index < -0.39 is 29.9 Å². The van der Waals surface area contributed by atoms with Crippen LogP contribution in [0, 0.1) is 0 Å². The van der Waals surface area contributed by atoms with Crippen LogP contribution in [0.15, 0.2) is 18.2 Å². The second-order valence-electron chi connectivity index (χ2n) is 7.74. The Hall–Kier alpha value is -2.09. The van der Waals surface area contributed by atoms with E-state index in [2.05, 4.69) is 16.0 Å². The molecule has 0 aromatic heterocycles. The van der Waals surface area contributed by atoms with Crippen molar-refractivity contribution in [3.63, 3.8) is 0 Å². The zero-order valence-corrected chi connectivity index (χ0v) is 23.3. The number of ether oxygens (including phenoxy) is 1. The lowest BCUT2D eigenvalue weighted by molar-refractivity contribution is -0.142. The maximum absolute atomic E-state index is 12.9. The molecule has 2 unspecified atom stereocenters. The van der Waals surface area contributed by atoms with Gasteiger partial charge in [0.25, 0.3) is 5.91 Å². The first kappa shape index (κ1) is 31.9. The molecule has 6 N–H and O–H groups in total. The molecule has 0 heterocycles. The topological polar surface area (TPSA) is 160 Å². The highest BCUT2D eigenvalue weighted by molar-refractivity contribution is 8.00. The highest BCUT2D eigenvalue weighted by Crippen LogP contribution is 2.21. The number of hydrogen-bond acceptors (Lipinski definition) is 9. The molecule has 0 saturated carbocycles. The van der Waals surface area contributed by atoms with Crippen molar-refractivity contribution in [2.75, 3.05) is 60.3 Å². The fourth-order valence-corrected chi connectivity index (χ4v) is 4.64. The van der Waals surface area contributed by atoms with Gasteiger partial charge in [0.15, 0.2) is 0 Å². The number of benzene rings is 1. The third kappa shape index (κ3) is 12.2. The number of amides is 3. The van der Waals surface area contributed by atoms with Gasteiger partial charge in [-0.25, -0.2) is 4.79 Å². The molecule has 1 aromatic carbocycles. The van der Waals surface area contributed by atoms with Crippen molar-refractivity contribution in [2.24, 2.45) is 0 Å². The van der Waals surface area contributed by atoms with Crippen molar-refractivity contribution in [3.8, 4) is 0 Å². The second-order valence-corrected chi connectivity index (χ2v) is 10.8. The molecule has 1 aromatic rings. The Morgan fingerprint density at radius 3 is 2.31 bits per heavy atom. The molecule has 0 fully saturated rings. The fraction of sp³-hybridized carbons (Fsp3) is 0.565. The molecule has 0 spiro atoms. The lowest BCUT2D eigenvalue weighted by atomic mass is 10.1. The molecule has 0 aliphatic carbocycles. The zero-order valence-electron chi connectivity index (χ0n) is 20.8. The van der Waals surface area contributed by atoms with Gasteiger partial charge < -0.3 is 31.5 Å². The van der Waals surface area contributed by atoms with Gasteiger partial charge in [-0.2, -0.15) is 35.3 Å². The quantitative estimate of drug-likeness (QED) is 0.133. The van der Waals surface area contributed by atoms with Gasteiger partial charge in [0, 0.05) is 19.3 Å². The van der Waals surface area contributed by atoms with Crippen molar-refractivity contribution < 1.29 is 29.0 Å². The number of nitrogens with one attached hydrogen (secondary N) is 3. The number of anilines is 2. The van der Waals surface area contributed by atoms with E-state index in [1.54, 1.807) is 7.11 Å². The van der Waals surface area contributed by atoms with Crippen molar-refractivity contribution in [1.82, 2.24) is 10.6 Å². The Morgan fingerprint density at radius 2 is 1.69 bits per heavy atom. The Labute approximate surface area is 225 Å². The number of thioether (sulfide) groups is 3. The van der Waals surface area contributed by atoms with Crippen molar-refractivity contribution >= 4 is 70.4 Å². The maximum Gasteiger partial charge on any atom is 0.326 e. The Morgan fingerprint density at radius 1 is 1.03 bits per heavy atom. The van der Waals surface area contributed by atoms with E-state index in [1.807, 2.05) is 12.5 Å². The highest BCUT2D eigenvalue weighted by Gasteiger charge is 2.26. The van der Waals surface area contributed by atoms with E-state index in [-0.39, 0.29) is 23.6 Å². The minimum absolute atomic E-state index is 0.214. The molecule has 36 heavy (non-hydrogen) atoms. The van der Waals surface area contributed by atoms with E-state index in [4.69, 9.17) is 10.5 Å². The van der Waals surface area contributed by atoms with Crippen molar-refractivity contribution in [3.05, 3.63) is 23.8 Å². The van der Waals surface area contributed by atoms with Crippen LogP contribution in [0.4, 0.5) is 11.4 Å². The van der Waals surface area contributed by atoms with Gasteiger partial charge >= 0.3 is 5.97 Å². The van der Waals surface area contributed by atoms with Gasteiger partial charge in [0.2, 0.25) is 11.8 Å². The van der Waals surface area contributed by atoms with E-state index >= 15 is 0 Å². The molecule has 0 aliphatic heterocycles. The average molecular weight is 561 g/mol. The smallest absolute Gasteiger partial charge is 0.326 e. The number of carboxylic acid groups (broad SMARTS) is 1. The van der Waals surface area contributed by atoms with E-state index in [9.17, 15) is 24.3 Å². The normalized spacial score (nSPS) is 12.4. The molecule has 13 heteroatoms. The van der Waals surface area contributed by atoms with Crippen LogP contribution in [-0.4, -0.2) is 90.1 Å². The SMILES string of the molecule is COCCCSCC(=O)Nc1cc(C(=O)NC(CCSC)C(=O)NC(CCSC)C(=O)O)ccc1N. The number of carbonyl (C=O) groups is 4. The summed E-state index contributed by atoms with van der Waals surface area (Å²) < 4.78 is 4.98. The van der Waals surface area contributed by atoms with Crippen LogP contribution < -0.4 is 21.7 Å². The molecule has 1 rings (SSSR count). The van der Waals surface area contributed by atoms with Crippen LogP contribution in [0.25, 0.3) is 0 Å². The predicted octanol–water partition coefficient (Wildman–Crippen LogP) is 2.15. The lowest BCUT2D eigenvalue weighted by Crippen LogP contribution is -2.52. The number of aliphatic carboxylic acids is 1. The summed E-state index contributed by atoms with van der Waals surface area (Å²) in [6, 6.07) is 2.52. The molecular weight excluding hydrogens is 524 g/mol. The third-order valence-corrected chi connectivity index (χ3v) is 7.25. The van der Waals surface area contributed by atoms with Crippen LogP contribution in [0.3, 0.4) is 0 Å². The van der Waals surface area contributed by atoms with Crippen LogP contribution in [0.2, 0.25) is 0 Å². The van der Waals surface area contributed by atoms with E-state index in [0.717, 1.165) is 12.2 Å². The summed E-state index contributed by atoms with van der Waals surface area (Å²) in [6.07, 6.45) is 5.17. The Balaban J connectivity index is 2.86. The average Bonchev–Trinajstić information content (AvgIpc) is 2.84. The molecule has 3 amide bonds. The summed E-state index contributed by atoms with van der Waals surface area (Å²) in [4.78, 5) is 49.6. The summed E-state index contributed by atoms with van der Waals surface area (Å²) >= 11 is 4.46. The van der Waals surface area contributed by atoms with Crippen molar-refractivity contribution in [1.29, 1.82) is 0 Å². The third-order valence-electron chi connectivity index (χ3n) is 4.92. The predicted molar refractivity (Wildman–Crippen MR) is 150 cm³/mol. The van der Waals surface area contributed by atoms with Crippen LogP contribution in [0.5, 0.6) is 0 Å². The number of rotatable bonds is 18. The first-order valence-corrected chi connectivity index (χ1v) is 15.3. The first-order valence-electron chi connectivity index (χ1n) is 11.3. The van der Waals surface area contributed by atoms with Gasteiger partial charge in [-0.05, 0) is 67.2 Å². The summed E-state index contributed by atoms with van der Waals surface area (Å²) in [7, 11) is 1.63. The maximum atomic E-state index is 12.9. The van der Waals surface area contributed by atoms with Gasteiger partial charge in [0.05, 0.1) is 17.1 Å². The number of carbonyl (C=O) groups excluding carboxylic acids is 3. The van der Waals surface area contributed by atoms with Gasteiger partial charge in [0.1, 0.15) is 12.1 Å². The number of methoxy groups -OCH3 is 1. The monoisotopic (exact) mass is 560 g/mol. The van der Waals surface area contributed by atoms with Gasteiger partial charge in [-0.3, -0.25) is 14.4 Å². The second kappa shape index (κ2) is 18.2. The lowest BCUT2D eigenvalue weighted by Gasteiger charge is -2.21. The Kier molecular flexibility index (Phi) is 16.1. The van der Waals surface area contributed by atoms with Crippen LogP contribution >= 0.6 is 35.3 Å². The number of carboxylic acids is 1. The minimum Gasteiger partial charge on any atom is -0.480 e. The highest BCUT2D eigenvalue weighted by atomic mass is 32.2. The number of nitrogen functional groups attached to an aromatic ring is 1. The van der Waals surface area contributed by atoms with Crippen molar-refractivity contribution in [2.45, 2.75) is 31.3 Å². The molecular formula is C23H36N4O6S3. The van der Waals surface area contributed by atoms with E-state index in [0.29, 0.717) is 35.9 Å². The zero-order chi connectivity index (χ0) is 26.9. The largest absolute Gasteiger partial charge is 0.480 e. The summed E-state index contributed by atoms with van der Waals surface area (Å²) in [5, 5.41) is 17.4. The molecule has 2 atom stereocenters. The first-order chi connectivity index (χ1) is 17.2. The molecule has 202 valence electrons. The molecule has 0 saturated heterocycles. The van der Waals surface area contributed by atoms with Crippen LogP contribution in [0.1, 0.15) is 29.6 Å². The molecule has 10 nitrogen and oxygen atoms in total. The van der Waals surface area contributed by atoms with E-state index in [1.165, 1.54) is 53.5 Å². The Bertz CT molecular complexity index is 874. The molecule has 0 radical (unpaired) electrons. The number of hydrogen-bond donors (Lipinski definition) is 5. The molecule has 0 bridgehead atoms. The fourth-order valence-electron chi connectivity index (χ4n) is 2.97. The standard InChI is InChI=1S/C23H36N4O6S3/c1-33-9-4-10-36-14-20(28)25-19-13-15(5-6-16(19)24)21(29)26-17(7-11-34-2)22(30)27-18(23(31)32)8-12-35-3/h5-6,13,17-18H,4,7-12,14,24H2,1-3H3,(H,25,28)(H,26,29)(H,27,30)(H,31,32). The van der Waals surface area contributed by atoms with Crippen LogP contribution in [-0.2, 0) is 19.1 Å². The van der Waals surface area contributed by atoms with Gasteiger partial charge in [-0.1, -0.05) is 0 Å². The summed E-state index contributed by atoms with van der Waals surface area (Å²) in [5.74, 6) is -0.281. The van der Waals surface area contributed by atoms with Gasteiger partial charge in [-0.15, -0.1) is 0 Å². The summed E-state index contributed by atoms with van der Waals surface area (Å²) in [5.41, 5.74) is 6.80. The number of nitrogens with two attached hydrogens (primary N) is 1.